The van der Waals surface area contributed by atoms with Crippen molar-refractivity contribution < 1.29 is 18.7 Å². The number of amides is 1. The monoisotopic (exact) mass is 377 g/mol. The number of ether oxygens (including phenoxy) is 1. The van der Waals surface area contributed by atoms with Crippen molar-refractivity contribution in [1.29, 1.82) is 0 Å². The van der Waals surface area contributed by atoms with Gasteiger partial charge >= 0.3 is 5.97 Å². The molecular weight excluding hydrogens is 362 g/mol. The van der Waals surface area contributed by atoms with E-state index in [0.29, 0.717) is 33.9 Å². The van der Waals surface area contributed by atoms with Gasteiger partial charge in [0.15, 0.2) is 5.58 Å². The summed E-state index contributed by atoms with van der Waals surface area (Å²) in [4.78, 5) is 36.3. The number of methoxy groups -OCH3 is 1. The molecule has 0 spiro atoms. The number of nitrogens with one attached hydrogen (secondary N) is 1. The number of aryl methyl sites for hydroxylation is 1. The van der Waals surface area contributed by atoms with E-state index in [1.165, 1.54) is 19.5 Å². The number of pyridine rings is 1. The lowest BCUT2D eigenvalue weighted by atomic mass is 10.2. The van der Waals surface area contributed by atoms with E-state index in [1.807, 2.05) is 0 Å². The smallest absolute Gasteiger partial charge is 0.356 e. The van der Waals surface area contributed by atoms with Gasteiger partial charge in [-0.05, 0) is 30.3 Å². The number of oxazole rings is 1. The minimum Gasteiger partial charge on any atom is -0.464 e. The molecule has 0 aliphatic carbocycles. The van der Waals surface area contributed by atoms with Gasteiger partial charge in [0.25, 0.3) is 5.91 Å². The zero-order chi connectivity index (χ0) is 19.7. The minimum atomic E-state index is -0.543. The number of fused-ring (bicyclic) bond motifs is 1. The lowest BCUT2D eigenvalue weighted by Crippen LogP contribution is -2.15. The van der Waals surface area contributed by atoms with Crippen LogP contribution in [-0.2, 0) is 11.8 Å². The Morgan fingerprint density at radius 1 is 1.21 bits per heavy atom. The molecule has 3 heterocycles. The predicted octanol–water partition coefficient (Wildman–Crippen LogP) is 2.66. The summed E-state index contributed by atoms with van der Waals surface area (Å²) < 4.78 is 12.1. The number of benzene rings is 1. The van der Waals surface area contributed by atoms with Crippen molar-refractivity contribution in [2.24, 2.45) is 7.05 Å². The lowest BCUT2D eigenvalue weighted by Gasteiger charge is -2.04. The summed E-state index contributed by atoms with van der Waals surface area (Å²) >= 11 is 0. The highest BCUT2D eigenvalue weighted by Crippen LogP contribution is 2.26. The van der Waals surface area contributed by atoms with Gasteiger partial charge in [0.05, 0.1) is 19.6 Å². The van der Waals surface area contributed by atoms with Gasteiger partial charge in [-0.1, -0.05) is 0 Å². The van der Waals surface area contributed by atoms with Crippen LogP contribution in [0.4, 0.5) is 5.69 Å². The molecule has 0 saturated carbocycles. The second kappa shape index (κ2) is 6.95. The van der Waals surface area contributed by atoms with Gasteiger partial charge < -0.3 is 19.0 Å². The van der Waals surface area contributed by atoms with Crippen molar-refractivity contribution in [2.75, 3.05) is 12.4 Å². The Kier molecular flexibility index (Phi) is 4.32. The largest absolute Gasteiger partial charge is 0.464 e. The molecule has 1 N–H and O–H groups in total. The fourth-order valence-corrected chi connectivity index (χ4v) is 2.68. The van der Waals surface area contributed by atoms with Crippen molar-refractivity contribution in [2.45, 2.75) is 0 Å². The molecule has 0 radical (unpaired) electrons. The molecule has 4 rings (SSSR count). The fraction of sp³-hybridized carbons (Fsp3) is 0.105. The van der Waals surface area contributed by atoms with Gasteiger partial charge in [0.2, 0.25) is 5.89 Å². The molecule has 0 fully saturated rings. The maximum Gasteiger partial charge on any atom is 0.356 e. The lowest BCUT2D eigenvalue weighted by molar-refractivity contribution is 0.0594. The van der Waals surface area contributed by atoms with Gasteiger partial charge in [-0.3, -0.25) is 4.79 Å². The molecule has 28 heavy (non-hydrogen) atoms. The first-order valence-electron chi connectivity index (χ1n) is 8.28. The van der Waals surface area contributed by atoms with E-state index in [4.69, 9.17) is 4.42 Å². The van der Waals surface area contributed by atoms with Crippen molar-refractivity contribution >= 4 is 28.7 Å². The van der Waals surface area contributed by atoms with Crippen LogP contribution in [0, 0.1) is 0 Å². The van der Waals surface area contributed by atoms with E-state index in [0.717, 1.165) is 0 Å². The average molecular weight is 377 g/mol. The van der Waals surface area contributed by atoms with E-state index in [2.05, 4.69) is 25.0 Å². The van der Waals surface area contributed by atoms with Gasteiger partial charge in [-0.2, -0.15) is 0 Å². The van der Waals surface area contributed by atoms with E-state index in [1.54, 1.807) is 48.3 Å². The molecule has 9 heteroatoms. The molecule has 0 saturated heterocycles. The average Bonchev–Trinajstić information content (AvgIpc) is 3.33. The molecule has 140 valence electrons. The Morgan fingerprint density at radius 3 is 2.82 bits per heavy atom. The fourth-order valence-electron chi connectivity index (χ4n) is 2.68. The van der Waals surface area contributed by atoms with E-state index >= 15 is 0 Å². The number of aromatic nitrogens is 4. The number of rotatable bonds is 4. The highest BCUT2D eigenvalue weighted by molar-refractivity contribution is 6.03. The molecule has 9 nitrogen and oxygen atoms in total. The second-order valence-electron chi connectivity index (χ2n) is 5.97. The van der Waals surface area contributed by atoms with Crippen LogP contribution in [0.2, 0.25) is 0 Å². The first-order valence-corrected chi connectivity index (χ1v) is 8.28. The first kappa shape index (κ1) is 17.4. The minimum absolute atomic E-state index is 0.159. The maximum atomic E-state index is 12.3. The molecule has 0 aliphatic rings. The van der Waals surface area contributed by atoms with Crippen molar-refractivity contribution in [1.82, 2.24) is 19.5 Å². The van der Waals surface area contributed by atoms with Gasteiger partial charge in [-0.15, -0.1) is 0 Å². The van der Waals surface area contributed by atoms with Gasteiger partial charge in [-0.25, -0.2) is 19.7 Å². The third kappa shape index (κ3) is 3.20. The van der Waals surface area contributed by atoms with Crippen LogP contribution >= 0.6 is 0 Å². The number of carbonyl (C=O) groups excluding carboxylic acids is 2. The Balaban J connectivity index is 1.63. The first-order chi connectivity index (χ1) is 13.5. The van der Waals surface area contributed by atoms with Crippen molar-refractivity contribution in [3.63, 3.8) is 0 Å². The second-order valence-corrected chi connectivity index (χ2v) is 5.97. The summed E-state index contributed by atoms with van der Waals surface area (Å²) in [7, 11) is 3.03. The topological polar surface area (TPSA) is 112 Å². The molecule has 4 aromatic rings. The summed E-state index contributed by atoms with van der Waals surface area (Å²) in [5.41, 5.74) is 2.87. The van der Waals surface area contributed by atoms with Crippen LogP contribution in [0.1, 0.15) is 21.0 Å². The van der Waals surface area contributed by atoms with Crippen molar-refractivity contribution in [3.05, 3.63) is 60.4 Å². The third-order valence-corrected chi connectivity index (χ3v) is 4.10. The number of esters is 1. The molecule has 0 bridgehead atoms. The number of imidazole rings is 1. The maximum absolute atomic E-state index is 12.3. The molecule has 1 amide bonds. The molecule has 0 unspecified atom stereocenters. The standard InChI is InChI=1S/C19H15N5O4/c1-24-10-20-9-15(24)17(25)22-12-3-4-16-13(8-12)23-18(28-16)11-5-6-21-14(7-11)19(26)27-2/h3-10H,1-2H3,(H,22,25). The highest BCUT2D eigenvalue weighted by Gasteiger charge is 2.14. The number of hydrogen-bond acceptors (Lipinski definition) is 7. The summed E-state index contributed by atoms with van der Waals surface area (Å²) in [5, 5.41) is 2.81. The van der Waals surface area contributed by atoms with Crippen LogP contribution < -0.4 is 5.32 Å². The molecule has 0 aliphatic heterocycles. The molecule has 3 aromatic heterocycles. The zero-order valence-electron chi connectivity index (χ0n) is 15.0. The SMILES string of the molecule is COC(=O)c1cc(-c2nc3cc(NC(=O)c4cncn4C)ccc3o2)ccn1. The third-order valence-electron chi connectivity index (χ3n) is 4.10. The molecular formula is C19H15N5O4. The van der Waals surface area contributed by atoms with Crippen LogP contribution in [0.15, 0.2) is 53.5 Å². The van der Waals surface area contributed by atoms with Crippen LogP contribution in [0.5, 0.6) is 0 Å². The van der Waals surface area contributed by atoms with Gasteiger partial charge in [0.1, 0.15) is 16.9 Å². The molecule has 1 aromatic carbocycles. The zero-order valence-corrected chi connectivity index (χ0v) is 15.0. The van der Waals surface area contributed by atoms with Crippen LogP contribution in [-0.4, -0.2) is 38.5 Å². The normalized spacial score (nSPS) is 10.8. The highest BCUT2D eigenvalue weighted by atomic mass is 16.5. The number of hydrogen-bond donors (Lipinski definition) is 1. The number of anilines is 1. The van der Waals surface area contributed by atoms with Crippen LogP contribution in [0.25, 0.3) is 22.6 Å². The quantitative estimate of drug-likeness (QED) is 0.544. The Bertz CT molecular complexity index is 1190. The molecule has 0 atom stereocenters. The number of carbonyl (C=O) groups is 2. The van der Waals surface area contributed by atoms with Crippen molar-refractivity contribution in [3.8, 4) is 11.5 Å². The Hall–Kier alpha value is -4.01. The van der Waals surface area contributed by atoms with E-state index < -0.39 is 5.97 Å². The summed E-state index contributed by atoms with van der Waals surface area (Å²) in [6.45, 7) is 0. The summed E-state index contributed by atoms with van der Waals surface area (Å²) in [5.74, 6) is -0.490. The number of nitrogens with zero attached hydrogens (tertiary/aromatic N) is 4. The Labute approximate surface area is 159 Å². The Morgan fingerprint density at radius 2 is 2.07 bits per heavy atom. The van der Waals surface area contributed by atoms with E-state index in [9.17, 15) is 9.59 Å². The van der Waals surface area contributed by atoms with Gasteiger partial charge in [0, 0.05) is 24.5 Å². The van der Waals surface area contributed by atoms with E-state index in [-0.39, 0.29) is 11.6 Å². The summed E-state index contributed by atoms with van der Waals surface area (Å²) in [6, 6.07) is 8.37. The summed E-state index contributed by atoms with van der Waals surface area (Å²) in [6.07, 6.45) is 4.53. The predicted molar refractivity (Wildman–Crippen MR) is 99.7 cm³/mol. The van der Waals surface area contributed by atoms with Crippen LogP contribution in [0.3, 0.4) is 0 Å².